The number of aromatic nitrogens is 3. The van der Waals surface area contributed by atoms with Gasteiger partial charge in [-0.1, -0.05) is 44.5 Å². The molecule has 0 saturated carbocycles. The molecule has 4 aromatic rings. The van der Waals surface area contributed by atoms with Crippen LogP contribution >= 0.6 is 0 Å². The van der Waals surface area contributed by atoms with Crippen LogP contribution in [0, 0.1) is 29.0 Å². The standard InChI is InChI=1S/C33H31FN4O/c1-3-6-27-28-11-12-29-31(33(28,2)19-24(20-35)30(27)39)37-32(38(29)26-10-5-9-25(34)18-26)23-8-4-7-22(17-23)21-13-15-36-16-14-21/h4-5,7-10,13-18,27-28,39H,3,6,11-12,19H2,1-2H3/t27-,28-,33-/m1/s1. The van der Waals surface area contributed by atoms with Crippen molar-refractivity contribution in [2.45, 2.75) is 51.4 Å². The first-order valence-corrected chi connectivity index (χ1v) is 13.7. The van der Waals surface area contributed by atoms with E-state index in [0.717, 1.165) is 65.3 Å². The van der Waals surface area contributed by atoms with Crippen LogP contribution in [0.2, 0.25) is 0 Å². The third-order valence-electron chi connectivity index (χ3n) is 8.65. The fourth-order valence-electron chi connectivity index (χ4n) is 6.88. The number of benzene rings is 2. The van der Waals surface area contributed by atoms with Crippen molar-refractivity contribution >= 4 is 0 Å². The summed E-state index contributed by atoms with van der Waals surface area (Å²) in [5, 5.41) is 21.0. The minimum Gasteiger partial charge on any atom is -0.511 e. The maximum atomic E-state index is 14.5. The van der Waals surface area contributed by atoms with Gasteiger partial charge in [0.05, 0.1) is 23.0 Å². The molecule has 3 atom stereocenters. The van der Waals surface area contributed by atoms with E-state index in [-0.39, 0.29) is 23.4 Å². The number of nitriles is 1. The second-order valence-corrected chi connectivity index (χ2v) is 11.0. The highest BCUT2D eigenvalue weighted by atomic mass is 19.1. The number of aliphatic hydroxyl groups excluding tert-OH is 1. The molecule has 0 amide bonds. The van der Waals surface area contributed by atoms with Gasteiger partial charge in [0, 0.05) is 35.0 Å². The van der Waals surface area contributed by atoms with Crippen LogP contribution in [-0.2, 0) is 11.8 Å². The number of imidazole rings is 1. The highest BCUT2D eigenvalue weighted by Gasteiger charge is 2.51. The van der Waals surface area contributed by atoms with E-state index in [1.54, 1.807) is 24.5 Å². The lowest BCUT2D eigenvalue weighted by Crippen LogP contribution is -2.45. The Morgan fingerprint density at radius 1 is 1.08 bits per heavy atom. The lowest BCUT2D eigenvalue weighted by molar-refractivity contribution is 0.118. The number of hydrogen-bond donors (Lipinski definition) is 1. The minimum absolute atomic E-state index is 0.0608. The summed E-state index contributed by atoms with van der Waals surface area (Å²) in [6.07, 6.45) is 7.40. The first-order valence-electron chi connectivity index (χ1n) is 13.7. The summed E-state index contributed by atoms with van der Waals surface area (Å²) in [5.41, 5.74) is 5.82. The van der Waals surface area contributed by atoms with E-state index >= 15 is 0 Å². The van der Waals surface area contributed by atoms with Gasteiger partial charge in [-0.2, -0.15) is 5.26 Å². The van der Waals surface area contributed by atoms with Gasteiger partial charge in [-0.3, -0.25) is 9.55 Å². The highest BCUT2D eigenvalue weighted by molar-refractivity contribution is 5.71. The van der Waals surface area contributed by atoms with Gasteiger partial charge in [0.15, 0.2) is 0 Å². The highest BCUT2D eigenvalue weighted by Crippen LogP contribution is 2.55. The zero-order chi connectivity index (χ0) is 27.1. The maximum Gasteiger partial charge on any atom is 0.145 e. The van der Waals surface area contributed by atoms with Crippen LogP contribution < -0.4 is 0 Å². The molecule has 6 rings (SSSR count). The Balaban J connectivity index is 1.57. The van der Waals surface area contributed by atoms with E-state index in [1.165, 1.54) is 6.07 Å². The van der Waals surface area contributed by atoms with Gasteiger partial charge in [-0.15, -0.1) is 0 Å². The van der Waals surface area contributed by atoms with Crippen molar-refractivity contribution in [3.8, 4) is 34.3 Å². The normalized spacial score (nSPS) is 22.2. The SMILES string of the molecule is CCC[C@H]1C(O)=C(C#N)C[C@@]2(C)c3nc(-c4cccc(-c5ccncc5)c4)n(-c4cccc(F)c4)c3CC[C@H]12. The number of allylic oxidation sites excluding steroid dienone is 2. The molecule has 1 N–H and O–H groups in total. The van der Waals surface area contributed by atoms with Crippen molar-refractivity contribution in [2.75, 3.05) is 0 Å². The topological polar surface area (TPSA) is 74.7 Å². The number of fused-ring (bicyclic) bond motifs is 3. The summed E-state index contributed by atoms with van der Waals surface area (Å²) < 4.78 is 16.6. The van der Waals surface area contributed by atoms with Crippen LogP contribution in [0.25, 0.3) is 28.2 Å². The van der Waals surface area contributed by atoms with Crippen LogP contribution in [0.15, 0.2) is 84.4 Å². The summed E-state index contributed by atoms with van der Waals surface area (Å²) in [4.78, 5) is 9.47. The molecule has 2 aromatic carbocycles. The molecular formula is C33H31FN4O. The van der Waals surface area contributed by atoms with E-state index in [2.05, 4.69) is 41.6 Å². The van der Waals surface area contributed by atoms with Crippen molar-refractivity contribution in [3.05, 3.63) is 102 Å². The van der Waals surface area contributed by atoms with Gasteiger partial charge < -0.3 is 5.11 Å². The number of hydrogen-bond acceptors (Lipinski definition) is 4. The largest absolute Gasteiger partial charge is 0.511 e. The zero-order valence-corrected chi connectivity index (χ0v) is 22.2. The fraction of sp³-hybridized carbons (Fsp3) is 0.303. The summed E-state index contributed by atoms with van der Waals surface area (Å²) in [7, 11) is 0. The lowest BCUT2D eigenvalue weighted by Gasteiger charge is -2.47. The molecule has 2 aliphatic rings. The van der Waals surface area contributed by atoms with Crippen LogP contribution in [0.4, 0.5) is 4.39 Å². The van der Waals surface area contributed by atoms with Gasteiger partial charge in [-0.25, -0.2) is 9.37 Å². The van der Waals surface area contributed by atoms with E-state index < -0.39 is 5.41 Å². The first kappa shape index (κ1) is 25.1. The average molecular weight is 519 g/mol. The zero-order valence-electron chi connectivity index (χ0n) is 22.2. The van der Waals surface area contributed by atoms with Crippen molar-refractivity contribution in [1.29, 1.82) is 5.26 Å². The molecule has 196 valence electrons. The van der Waals surface area contributed by atoms with Gasteiger partial charge in [0.1, 0.15) is 17.4 Å². The molecule has 2 heterocycles. The van der Waals surface area contributed by atoms with Gasteiger partial charge in [0.25, 0.3) is 0 Å². The van der Waals surface area contributed by atoms with E-state index in [0.29, 0.717) is 12.0 Å². The van der Waals surface area contributed by atoms with Crippen LogP contribution in [0.1, 0.15) is 50.9 Å². The Hall–Kier alpha value is -4.24. The molecule has 0 unspecified atom stereocenters. The number of aliphatic hydroxyl groups is 1. The van der Waals surface area contributed by atoms with Crippen LogP contribution in [0.5, 0.6) is 0 Å². The maximum absolute atomic E-state index is 14.5. The van der Waals surface area contributed by atoms with E-state index in [4.69, 9.17) is 4.98 Å². The molecule has 6 heteroatoms. The number of nitrogens with zero attached hydrogens (tertiary/aromatic N) is 4. The van der Waals surface area contributed by atoms with Crippen molar-refractivity contribution < 1.29 is 9.50 Å². The number of pyridine rings is 1. The Morgan fingerprint density at radius 3 is 2.59 bits per heavy atom. The van der Waals surface area contributed by atoms with E-state index in [1.807, 2.05) is 30.3 Å². The van der Waals surface area contributed by atoms with Crippen molar-refractivity contribution in [1.82, 2.24) is 14.5 Å². The van der Waals surface area contributed by atoms with Gasteiger partial charge in [0.2, 0.25) is 0 Å². The molecule has 39 heavy (non-hydrogen) atoms. The van der Waals surface area contributed by atoms with Crippen LogP contribution in [-0.4, -0.2) is 19.6 Å². The number of rotatable bonds is 5. The predicted molar refractivity (Wildman–Crippen MR) is 150 cm³/mol. The van der Waals surface area contributed by atoms with Gasteiger partial charge >= 0.3 is 0 Å². The second-order valence-electron chi connectivity index (χ2n) is 11.0. The Kier molecular flexibility index (Phi) is 6.31. The minimum atomic E-state index is -0.416. The third-order valence-corrected chi connectivity index (χ3v) is 8.65. The molecular weight excluding hydrogens is 487 g/mol. The molecule has 0 aliphatic heterocycles. The molecule has 0 bridgehead atoms. The average Bonchev–Trinajstić information content (AvgIpc) is 3.36. The lowest BCUT2D eigenvalue weighted by atomic mass is 9.56. The summed E-state index contributed by atoms with van der Waals surface area (Å²) >= 11 is 0. The molecule has 0 spiro atoms. The predicted octanol–water partition coefficient (Wildman–Crippen LogP) is 7.72. The summed E-state index contributed by atoms with van der Waals surface area (Å²) in [5.74, 6) is 0.836. The first-order chi connectivity index (χ1) is 18.9. The molecule has 0 fully saturated rings. The summed E-state index contributed by atoms with van der Waals surface area (Å²) in [6.45, 7) is 4.31. The molecule has 0 saturated heterocycles. The Bertz CT molecular complexity index is 1620. The Morgan fingerprint density at radius 2 is 1.85 bits per heavy atom. The Labute approximate surface area is 228 Å². The smallest absolute Gasteiger partial charge is 0.145 e. The summed E-state index contributed by atoms with van der Waals surface area (Å²) in [6, 6.07) is 21.2. The van der Waals surface area contributed by atoms with Crippen LogP contribution in [0.3, 0.4) is 0 Å². The van der Waals surface area contributed by atoms with Crippen molar-refractivity contribution in [2.24, 2.45) is 11.8 Å². The van der Waals surface area contributed by atoms with Gasteiger partial charge in [-0.05, 0) is 79.1 Å². The molecule has 2 aliphatic carbocycles. The third kappa shape index (κ3) is 4.13. The fourth-order valence-corrected chi connectivity index (χ4v) is 6.88. The number of halogens is 1. The monoisotopic (exact) mass is 518 g/mol. The molecule has 0 radical (unpaired) electrons. The van der Waals surface area contributed by atoms with E-state index in [9.17, 15) is 14.8 Å². The van der Waals surface area contributed by atoms with Crippen molar-refractivity contribution in [3.63, 3.8) is 0 Å². The quantitative estimate of drug-likeness (QED) is 0.294. The second kappa shape index (κ2) is 9.81. The molecule has 2 aromatic heterocycles. The molecule has 5 nitrogen and oxygen atoms in total.